The molecule has 0 aliphatic carbocycles. The summed E-state index contributed by atoms with van der Waals surface area (Å²) >= 11 is 23.1. The third-order valence-electron chi connectivity index (χ3n) is 5.37. The molecule has 41 heavy (non-hydrogen) atoms. The van der Waals surface area contributed by atoms with E-state index in [1.807, 2.05) is 5.73 Å². The summed E-state index contributed by atoms with van der Waals surface area (Å²) in [4.78, 5) is 12.2. The van der Waals surface area contributed by atoms with E-state index in [-0.39, 0.29) is 49.6 Å². The monoisotopic (exact) mass is 660 g/mol. The van der Waals surface area contributed by atoms with Gasteiger partial charge in [0.1, 0.15) is 5.82 Å². The Morgan fingerprint density at radius 3 is 1.61 bits per heavy atom. The van der Waals surface area contributed by atoms with E-state index >= 15 is 0 Å². The minimum Gasteiger partial charge on any atom is -0.373 e. The van der Waals surface area contributed by atoms with Crippen LogP contribution in [0.4, 0.5) is 26.3 Å². The molecule has 0 bridgehead atoms. The average Bonchev–Trinajstić information content (AvgIpc) is 3.43. The highest BCUT2D eigenvalue weighted by molar-refractivity contribution is 6.43. The van der Waals surface area contributed by atoms with Gasteiger partial charge in [-0.1, -0.05) is 60.4 Å². The van der Waals surface area contributed by atoms with Crippen LogP contribution < -0.4 is 0 Å². The molecule has 0 fully saturated rings. The summed E-state index contributed by atoms with van der Waals surface area (Å²) < 4.78 is 78.0. The van der Waals surface area contributed by atoms with Crippen LogP contribution in [0.1, 0.15) is 25.5 Å². The third kappa shape index (κ3) is 6.63. The number of benzene rings is 2. The van der Waals surface area contributed by atoms with Gasteiger partial charge in [-0.2, -0.15) is 26.3 Å². The van der Waals surface area contributed by atoms with E-state index < -0.39 is 41.6 Å². The molecule has 2 atom stereocenters. The highest BCUT2D eigenvalue weighted by atomic mass is 35.5. The molecule has 16 heteroatoms. The number of alkyl halides is 6. The maximum absolute atomic E-state index is 13.0. The molecule has 2 aromatic carbocycles. The Morgan fingerprint density at radius 1 is 0.805 bits per heavy atom. The van der Waals surface area contributed by atoms with Gasteiger partial charge in [-0.3, -0.25) is 0 Å². The van der Waals surface area contributed by atoms with E-state index in [2.05, 4.69) is 26.5 Å². The van der Waals surface area contributed by atoms with Gasteiger partial charge in [0.05, 0.1) is 48.6 Å². The van der Waals surface area contributed by atoms with Gasteiger partial charge in [0.25, 0.3) is 0 Å². The number of nitrogens with one attached hydrogen (secondary N) is 2. The molecule has 4 aromatic rings. The number of aromatic nitrogens is 4. The second-order valence-corrected chi connectivity index (χ2v) is 9.72. The quantitative estimate of drug-likeness (QED) is 0.101. The van der Waals surface area contributed by atoms with Crippen molar-refractivity contribution < 1.29 is 36.6 Å². The Labute approximate surface area is 248 Å². The maximum Gasteiger partial charge on any atom is 0.428 e. The lowest BCUT2D eigenvalue weighted by molar-refractivity contribution is -0.267. The normalized spacial score (nSPS) is 14.6. The fourth-order valence-electron chi connectivity index (χ4n) is 3.28. The van der Waals surface area contributed by atoms with Crippen molar-refractivity contribution in [3.8, 4) is 12.3 Å². The van der Waals surface area contributed by atoms with Crippen LogP contribution in [0.2, 0.25) is 20.1 Å². The van der Waals surface area contributed by atoms with E-state index in [1.54, 1.807) is 5.92 Å². The van der Waals surface area contributed by atoms with Gasteiger partial charge >= 0.3 is 12.4 Å². The van der Waals surface area contributed by atoms with Crippen molar-refractivity contribution in [2.24, 2.45) is 0 Å². The summed E-state index contributed by atoms with van der Waals surface area (Å²) in [6, 6.07) is 5.24. The first-order valence-corrected chi connectivity index (χ1v) is 12.0. The third-order valence-corrected chi connectivity index (χ3v) is 6.81. The summed E-state index contributed by atoms with van der Waals surface area (Å²) in [5, 5.41) is 20.2. The van der Waals surface area contributed by atoms with Crippen LogP contribution in [0.5, 0.6) is 0 Å². The van der Waals surface area contributed by atoms with Crippen molar-refractivity contribution in [2.75, 3.05) is 0 Å². The number of terminal acetylenes is 1. The molecule has 0 aliphatic rings. The number of aromatic amines is 2. The van der Waals surface area contributed by atoms with Crippen molar-refractivity contribution in [2.45, 2.75) is 37.4 Å². The lowest BCUT2D eigenvalue weighted by atomic mass is 9.99. The van der Waals surface area contributed by atoms with E-state index in [4.69, 9.17) is 52.8 Å². The largest absolute Gasteiger partial charge is 0.428 e. The van der Waals surface area contributed by atoms with E-state index in [0.29, 0.717) is 6.08 Å². The number of hydrogen-bond acceptors (Lipinski definition) is 4. The second-order valence-electron chi connectivity index (χ2n) is 8.09. The predicted molar refractivity (Wildman–Crippen MR) is 146 cm³/mol. The predicted octanol–water partition coefficient (Wildman–Crippen LogP) is 8.24. The van der Waals surface area contributed by atoms with Crippen molar-refractivity contribution >= 4 is 68.5 Å². The Hall–Kier alpha value is -2.88. The molecule has 0 radical (unpaired) electrons. The fourth-order valence-corrected chi connectivity index (χ4v) is 3.93. The van der Waals surface area contributed by atoms with E-state index in [9.17, 15) is 36.6 Å². The summed E-state index contributed by atoms with van der Waals surface area (Å²) in [6.45, 7) is 3.04. The molecule has 220 valence electrons. The minimum absolute atomic E-state index is 0. The van der Waals surface area contributed by atoms with Gasteiger partial charge in [-0.05, 0) is 24.3 Å². The minimum atomic E-state index is -4.99. The van der Waals surface area contributed by atoms with Crippen molar-refractivity contribution in [3.05, 3.63) is 74.4 Å². The number of aliphatic hydroxyl groups is 2. The molecule has 4 N–H and O–H groups in total. The Balaban J connectivity index is 0.000000280. The van der Waals surface area contributed by atoms with Crippen LogP contribution in [-0.2, 0) is 11.2 Å². The smallest absolute Gasteiger partial charge is 0.373 e. The summed E-state index contributed by atoms with van der Waals surface area (Å²) in [6.07, 6.45) is -5.64. The lowest BCUT2D eigenvalue weighted by Crippen LogP contribution is -2.43. The average molecular weight is 662 g/mol. The first-order valence-electron chi connectivity index (χ1n) is 10.5. The molecule has 0 aliphatic heterocycles. The topological polar surface area (TPSA) is 97.8 Å². The number of H-pyrrole nitrogens is 2. The Bertz CT molecular complexity index is 1590. The van der Waals surface area contributed by atoms with Gasteiger partial charge in [0.2, 0.25) is 11.2 Å². The maximum atomic E-state index is 13.0. The first kappa shape index (κ1) is 34.3. The molecule has 2 aromatic heterocycles. The number of halogens is 10. The zero-order valence-electron chi connectivity index (χ0n) is 19.4. The number of hydrogen-bond donors (Lipinski definition) is 4. The van der Waals surface area contributed by atoms with Crippen LogP contribution in [0.25, 0.3) is 22.1 Å². The molecule has 2 unspecified atom stereocenters. The molecule has 0 saturated carbocycles. The zero-order valence-corrected chi connectivity index (χ0v) is 22.5. The van der Waals surface area contributed by atoms with Crippen molar-refractivity contribution in [3.63, 3.8) is 0 Å². The van der Waals surface area contributed by atoms with Crippen LogP contribution in [-0.4, -0.2) is 42.5 Å². The van der Waals surface area contributed by atoms with Gasteiger partial charge < -0.3 is 20.2 Å². The number of imidazole rings is 2. The molecular formula is C25H18Cl4F6N4O2. The van der Waals surface area contributed by atoms with Crippen LogP contribution in [0, 0.1) is 12.3 Å². The lowest BCUT2D eigenvalue weighted by Gasteiger charge is -2.26. The zero-order chi connectivity index (χ0) is 30.3. The highest BCUT2D eigenvalue weighted by Crippen LogP contribution is 2.42. The standard InChI is InChI=1S/2C12H7Cl2F3N2O.CH4/c2*1-2-3-11(20,12(15,16)17)10-18-8-4-6(13)7(14)5-9(8)19-10;/h3-5,20H,1H2,(H,18,19);1,4-5,20H,3H2,(H,18,19);1H4. The second kappa shape index (κ2) is 12.2. The van der Waals surface area contributed by atoms with Crippen LogP contribution >= 0.6 is 46.4 Å². The fraction of sp³-hybridized carbons (Fsp3) is 0.240. The highest BCUT2D eigenvalue weighted by Gasteiger charge is 2.57. The van der Waals surface area contributed by atoms with Crippen LogP contribution in [0.15, 0.2) is 42.7 Å². The molecule has 2 heterocycles. The van der Waals surface area contributed by atoms with Gasteiger partial charge in [-0.25, -0.2) is 9.97 Å². The molecule has 6 nitrogen and oxygen atoms in total. The summed E-state index contributed by atoms with van der Waals surface area (Å²) in [7, 11) is 0. The summed E-state index contributed by atoms with van der Waals surface area (Å²) in [5.74, 6) is 0.387. The number of rotatable bonds is 4. The first-order chi connectivity index (χ1) is 18.4. The van der Waals surface area contributed by atoms with Gasteiger partial charge in [0.15, 0.2) is 5.82 Å². The Kier molecular flexibility index (Phi) is 10.2. The van der Waals surface area contributed by atoms with Crippen LogP contribution in [0.3, 0.4) is 0 Å². The Morgan fingerprint density at radius 2 is 1.22 bits per heavy atom. The van der Waals surface area contributed by atoms with Crippen molar-refractivity contribution in [1.82, 2.24) is 19.9 Å². The van der Waals surface area contributed by atoms with Gasteiger partial charge in [-0.15, -0.1) is 18.1 Å². The number of nitrogens with zero attached hydrogens (tertiary/aromatic N) is 2. The summed E-state index contributed by atoms with van der Waals surface area (Å²) in [5.41, 5.74) is -3.91. The van der Waals surface area contributed by atoms with Gasteiger partial charge in [0, 0.05) is 6.08 Å². The molecular weight excluding hydrogens is 644 g/mol. The molecule has 0 amide bonds. The van der Waals surface area contributed by atoms with E-state index in [0.717, 1.165) is 0 Å². The SMILES string of the molecule is C.C#CCC(O)(c1nc2cc(Cl)c(Cl)cc2[nH]1)C(F)(F)F.C=C=CC(O)(c1nc2cc(Cl)c(Cl)cc2[nH]1)C(F)(F)F. The molecule has 4 rings (SSSR count). The van der Waals surface area contributed by atoms with Crippen molar-refractivity contribution in [1.29, 1.82) is 0 Å². The van der Waals surface area contributed by atoms with E-state index in [1.165, 1.54) is 24.3 Å². The molecule has 0 spiro atoms. The number of fused-ring (bicyclic) bond motifs is 2. The molecule has 0 saturated heterocycles.